The van der Waals surface area contributed by atoms with Crippen LogP contribution in [0.25, 0.3) is 10.9 Å². The highest BCUT2D eigenvalue weighted by Crippen LogP contribution is 2.24. The van der Waals surface area contributed by atoms with Gasteiger partial charge >= 0.3 is 0 Å². The lowest BCUT2D eigenvalue weighted by atomic mass is 10.0. The number of nitrogens with zero attached hydrogens (tertiary/aromatic N) is 2. The van der Waals surface area contributed by atoms with Crippen molar-refractivity contribution in [3.05, 3.63) is 71.0 Å². The van der Waals surface area contributed by atoms with Crippen molar-refractivity contribution >= 4 is 34.2 Å². The second kappa shape index (κ2) is 7.53. The third-order valence-electron chi connectivity index (χ3n) is 4.92. The summed E-state index contributed by atoms with van der Waals surface area (Å²) in [6.07, 6.45) is 1.57. The molecule has 0 unspecified atom stereocenters. The van der Waals surface area contributed by atoms with E-state index in [2.05, 4.69) is 10.3 Å². The maximum Gasteiger partial charge on any atom is 0.256 e. The number of halogens is 2. The minimum Gasteiger partial charge on any atom is -0.367 e. The zero-order chi connectivity index (χ0) is 18.8. The Morgan fingerprint density at radius 1 is 1.07 bits per heavy atom. The Hall–Kier alpha value is -2.66. The van der Waals surface area contributed by atoms with E-state index in [0.29, 0.717) is 18.1 Å². The Labute approximate surface area is 162 Å². The monoisotopic (exact) mass is 383 g/mol. The van der Waals surface area contributed by atoms with E-state index in [4.69, 9.17) is 11.6 Å². The van der Waals surface area contributed by atoms with Gasteiger partial charge in [0.05, 0.1) is 11.1 Å². The predicted octanol–water partition coefficient (Wildman–Crippen LogP) is 4.74. The molecule has 138 valence electrons. The van der Waals surface area contributed by atoms with Gasteiger partial charge in [0.2, 0.25) is 0 Å². The van der Waals surface area contributed by atoms with Crippen molar-refractivity contribution in [2.24, 2.45) is 0 Å². The molecular weight excluding hydrogens is 365 g/mol. The summed E-state index contributed by atoms with van der Waals surface area (Å²) < 4.78 is 13.8. The number of rotatable bonds is 3. The number of aromatic nitrogens is 1. The van der Waals surface area contributed by atoms with Gasteiger partial charge in [0.1, 0.15) is 11.6 Å². The first kappa shape index (κ1) is 17.7. The van der Waals surface area contributed by atoms with Gasteiger partial charge < -0.3 is 10.2 Å². The molecule has 1 fully saturated rings. The lowest BCUT2D eigenvalue weighted by molar-refractivity contribution is 0.0713. The van der Waals surface area contributed by atoms with Crippen molar-refractivity contribution in [2.75, 3.05) is 18.4 Å². The van der Waals surface area contributed by atoms with Gasteiger partial charge in [0.15, 0.2) is 0 Å². The van der Waals surface area contributed by atoms with E-state index in [0.717, 1.165) is 29.6 Å². The first-order chi connectivity index (χ1) is 13.1. The van der Waals surface area contributed by atoms with Crippen LogP contribution in [0.3, 0.4) is 0 Å². The number of piperidine rings is 1. The molecule has 0 bridgehead atoms. The van der Waals surface area contributed by atoms with Gasteiger partial charge in [-0.05, 0) is 49.2 Å². The van der Waals surface area contributed by atoms with Crippen LogP contribution in [0, 0.1) is 5.82 Å². The normalized spacial score (nSPS) is 15.1. The smallest absolute Gasteiger partial charge is 0.256 e. The van der Waals surface area contributed by atoms with Gasteiger partial charge in [-0.3, -0.25) is 4.79 Å². The topological polar surface area (TPSA) is 45.2 Å². The highest BCUT2D eigenvalue weighted by atomic mass is 35.5. The van der Waals surface area contributed by atoms with Gasteiger partial charge in [-0.25, -0.2) is 9.37 Å². The Balaban J connectivity index is 1.40. The predicted molar refractivity (Wildman–Crippen MR) is 106 cm³/mol. The number of nitrogens with one attached hydrogen (secondary N) is 1. The van der Waals surface area contributed by atoms with E-state index < -0.39 is 5.82 Å². The number of carbonyl (C=O) groups excluding carboxylic acids is 1. The molecule has 1 N–H and O–H groups in total. The Bertz CT molecular complexity index is 986. The highest BCUT2D eigenvalue weighted by Gasteiger charge is 2.25. The fourth-order valence-electron chi connectivity index (χ4n) is 3.44. The molecule has 0 spiro atoms. The number of likely N-dealkylation sites (tertiary alicyclic amines) is 1. The molecule has 6 heteroatoms. The number of fused-ring (bicyclic) bond motifs is 1. The van der Waals surface area contributed by atoms with E-state index in [1.165, 1.54) is 12.1 Å². The van der Waals surface area contributed by atoms with E-state index >= 15 is 0 Å². The third-order valence-corrected chi connectivity index (χ3v) is 5.25. The molecule has 0 aliphatic carbocycles. The van der Waals surface area contributed by atoms with Gasteiger partial charge in [0, 0.05) is 29.5 Å². The van der Waals surface area contributed by atoms with E-state index in [9.17, 15) is 9.18 Å². The number of carbonyl (C=O) groups is 1. The van der Waals surface area contributed by atoms with Crippen LogP contribution in [0.4, 0.5) is 10.2 Å². The molecule has 27 heavy (non-hydrogen) atoms. The van der Waals surface area contributed by atoms with E-state index in [1.54, 1.807) is 17.0 Å². The SMILES string of the molecule is O=C(c1ccccc1F)N1CCC(Nc2ccc3c(Cl)cccc3n2)CC1. The first-order valence-electron chi connectivity index (χ1n) is 8.97. The summed E-state index contributed by atoms with van der Waals surface area (Å²) in [6, 6.07) is 15.9. The summed E-state index contributed by atoms with van der Waals surface area (Å²) in [5.41, 5.74) is 0.983. The van der Waals surface area contributed by atoms with Crippen LogP contribution < -0.4 is 5.32 Å². The second-order valence-electron chi connectivity index (χ2n) is 6.69. The Kier molecular flexibility index (Phi) is 4.94. The summed E-state index contributed by atoms with van der Waals surface area (Å²) in [7, 11) is 0. The van der Waals surface area contributed by atoms with Crippen LogP contribution in [0.5, 0.6) is 0 Å². The minimum absolute atomic E-state index is 0.136. The quantitative estimate of drug-likeness (QED) is 0.710. The van der Waals surface area contributed by atoms with Crippen molar-refractivity contribution in [1.29, 1.82) is 0 Å². The highest BCUT2D eigenvalue weighted by molar-refractivity contribution is 6.35. The standard InChI is InChI=1S/C21H19ClFN3O/c22-17-5-3-7-19-15(17)8-9-20(25-19)24-14-10-12-26(13-11-14)21(27)16-4-1-2-6-18(16)23/h1-9,14H,10-13H2,(H,24,25). The fraction of sp³-hybridized carbons (Fsp3) is 0.238. The van der Waals surface area contributed by atoms with Gasteiger partial charge in [-0.1, -0.05) is 29.8 Å². The number of pyridine rings is 1. The number of anilines is 1. The third kappa shape index (κ3) is 3.74. The molecule has 0 atom stereocenters. The average molecular weight is 384 g/mol. The summed E-state index contributed by atoms with van der Waals surface area (Å²) >= 11 is 6.18. The molecule has 1 aromatic heterocycles. The molecule has 4 rings (SSSR count). The molecule has 1 aliphatic rings. The molecule has 1 amide bonds. The Morgan fingerprint density at radius 3 is 2.63 bits per heavy atom. The molecule has 2 heterocycles. The molecule has 0 saturated carbocycles. The largest absolute Gasteiger partial charge is 0.367 e. The number of hydrogen-bond donors (Lipinski definition) is 1. The van der Waals surface area contributed by atoms with Gasteiger partial charge in [0.25, 0.3) is 5.91 Å². The fourth-order valence-corrected chi connectivity index (χ4v) is 3.67. The molecule has 1 aliphatic heterocycles. The van der Waals surface area contributed by atoms with E-state index in [-0.39, 0.29) is 17.5 Å². The minimum atomic E-state index is -0.471. The zero-order valence-electron chi connectivity index (χ0n) is 14.7. The molecular formula is C21H19ClFN3O. The van der Waals surface area contributed by atoms with Crippen LogP contribution in [0.15, 0.2) is 54.6 Å². The van der Waals surface area contributed by atoms with Gasteiger partial charge in [-0.2, -0.15) is 0 Å². The van der Waals surface area contributed by atoms with Crippen molar-refractivity contribution in [3.8, 4) is 0 Å². The summed E-state index contributed by atoms with van der Waals surface area (Å²) in [6.45, 7) is 1.18. The van der Waals surface area contributed by atoms with E-state index in [1.807, 2.05) is 30.3 Å². The molecule has 4 nitrogen and oxygen atoms in total. The van der Waals surface area contributed by atoms with Crippen molar-refractivity contribution < 1.29 is 9.18 Å². The van der Waals surface area contributed by atoms with Crippen LogP contribution in [-0.2, 0) is 0 Å². The molecule has 3 aromatic rings. The summed E-state index contributed by atoms with van der Waals surface area (Å²) in [5.74, 6) is 0.0791. The molecule has 0 radical (unpaired) electrons. The first-order valence-corrected chi connectivity index (χ1v) is 9.35. The summed E-state index contributed by atoms with van der Waals surface area (Å²) in [4.78, 5) is 18.8. The van der Waals surface area contributed by atoms with Crippen LogP contribution in [0.1, 0.15) is 23.2 Å². The van der Waals surface area contributed by atoms with Crippen molar-refractivity contribution in [3.63, 3.8) is 0 Å². The second-order valence-corrected chi connectivity index (χ2v) is 7.10. The van der Waals surface area contributed by atoms with Crippen LogP contribution in [-0.4, -0.2) is 34.9 Å². The number of benzene rings is 2. The maximum absolute atomic E-state index is 13.8. The maximum atomic E-state index is 13.8. The van der Waals surface area contributed by atoms with Gasteiger partial charge in [-0.15, -0.1) is 0 Å². The zero-order valence-corrected chi connectivity index (χ0v) is 15.4. The number of hydrogen-bond acceptors (Lipinski definition) is 3. The molecule has 1 saturated heterocycles. The van der Waals surface area contributed by atoms with Crippen molar-refractivity contribution in [1.82, 2.24) is 9.88 Å². The van der Waals surface area contributed by atoms with Crippen LogP contribution in [0.2, 0.25) is 5.02 Å². The lowest BCUT2D eigenvalue weighted by Gasteiger charge is -2.32. The van der Waals surface area contributed by atoms with Crippen LogP contribution >= 0.6 is 11.6 Å². The average Bonchev–Trinajstić information content (AvgIpc) is 2.69. The molecule has 2 aromatic carbocycles. The lowest BCUT2D eigenvalue weighted by Crippen LogP contribution is -2.42. The summed E-state index contributed by atoms with van der Waals surface area (Å²) in [5, 5.41) is 5.05. The Morgan fingerprint density at radius 2 is 1.85 bits per heavy atom. The number of amides is 1. The van der Waals surface area contributed by atoms with Crippen molar-refractivity contribution in [2.45, 2.75) is 18.9 Å².